The molecular weight excluding hydrogens is 252 g/mol. The van der Waals surface area contributed by atoms with Crippen molar-refractivity contribution in [2.24, 2.45) is 0 Å². The first-order valence-electron chi connectivity index (χ1n) is 5.52. The molecule has 2 nitrogen and oxygen atoms in total. The average Bonchev–Trinajstić information content (AvgIpc) is 2.65. The molecule has 1 fully saturated rings. The van der Waals surface area contributed by atoms with E-state index >= 15 is 0 Å². The monoisotopic (exact) mass is 268 g/mol. The molecule has 3 heteroatoms. The molecule has 0 amide bonds. The van der Waals surface area contributed by atoms with E-state index in [0.717, 1.165) is 17.6 Å². The number of rotatable bonds is 3. The van der Waals surface area contributed by atoms with Crippen LogP contribution in [0.4, 0.5) is 0 Å². The van der Waals surface area contributed by atoms with Gasteiger partial charge in [-0.05, 0) is 38.4 Å². The highest BCUT2D eigenvalue weighted by Gasteiger charge is 2.23. The van der Waals surface area contributed by atoms with Crippen LogP contribution in [0.25, 0.3) is 0 Å². The first-order chi connectivity index (χ1) is 7.29. The van der Waals surface area contributed by atoms with E-state index in [9.17, 15) is 0 Å². The fraction of sp³-hybridized carbons (Fsp3) is 0.583. The largest absolute Gasteiger partial charge is 0.294 e. The lowest BCUT2D eigenvalue weighted by atomic mass is 10.2. The summed E-state index contributed by atoms with van der Waals surface area (Å²) in [4.78, 5) is 7.07. The Morgan fingerprint density at radius 1 is 1.53 bits per heavy atom. The number of pyridine rings is 1. The number of nitrogens with zero attached hydrogens (tertiary/aromatic N) is 2. The number of aryl methyl sites for hydroxylation is 1. The van der Waals surface area contributed by atoms with Crippen LogP contribution in [0.1, 0.15) is 24.2 Å². The van der Waals surface area contributed by atoms with Crippen LogP contribution in [-0.2, 0) is 6.54 Å². The second-order valence-corrected chi connectivity index (χ2v) is 4.84. The van der Waals surface area contributed by atoms with Gasteiger partial charge in [-0.2, -0.15) is 0 Å². The summed E-state index contributed by atoms with van der Waals surface area (Å²) in [6.45, 7) is 4.26. The van der Waals surface area contributed by atoms with Gasteiger partial charge < -0.3 is 0 Å². The van der Waals surface area contributed by atoms with E-state index in [0.29, 0.717) is 6.04 Å². The highest BCUT2D eigenvalue weighted by molar-refractivity contribution is 9.09. The van der Waals surface area contributed by atoms with Gasteiger partial charge in [0.05, 0.1) is 5.69 Å². The van der Waals surface area contributed by atoms with E-state index in [4.69, 9.17) is 0 Å². The van der Waals surface area contributed by atoms with E-state index in [-0.39, 0.29) is 0 Å². The van der Waals surface area contributed by atoms with Crippen LogP contribution in [0, 0.1) is 6.92 Å². The predicted octanol–water partition coefficient (Wildman–Crippen LogP) is 2.75. The lowest BCUT2D eigenvalue weighted by Crippen LogP contribution is -2.30. The van der Waals surface area contributed by atoms with Gasteiger partial charge in [0.1, 0.15) is 0 Å². The lowest BCUT2D eigenvalue weighted by molar-refractivity contribution is 0.261. The SMILES string of the molecule is Cc1cccc(CN2CCCC2CBr)n1. The topological polar surface area (TPSA) is 16.1 Å². The van der Waals surface area contributed by atoms with Gasteiger partial charge in [0.25, 0.3) is 0 Å². The molecule has 0 saturated carbocycles. The summed E-state index contributed by atoms with van der Waals surface area (Å²) in [6, 6.07) is 6.97. The van der Waals surface area contributed by atoms with E-state index in [1.807, 2.05) is 0 Å². The average molecular weight is 269 g/mol. The summed E-state index contributed by atoms with van der Waals surface area (Å²) >= 11 is 3.58. The molecular formula is C12H17BrN2. The van der Waals surface area contributed by atoms with E-state index in [2.05, 4.69) is 50.9 Å². The molecule has 0 aromatic carbocycles. The molecule has 1 aromatic heterocycles. The number of hydrogen-bond donors (Lipinski definition) is 0. The van der Waals surface area contributed by atoms with Gasteiger partial charge >= 0.3 is 0 Å². The van der Waals surface area contributed by atoms with Gasteiger partial charge in [0.15, 0.2) is 0 Å². The van der Waals surface area contributed by atoms with Crippen molar-refractivity contribution in [2.75, 3.05) is 11.9 Å². The predicted molar refractivity (Wildman–Crippen MR) is 66.2 cm³/mol. The van der Waals surface area contributed by atoms with Gasteiger partial charge in [-0.25, -0.2) is 0 Å². The van der Waals surface area contributed by atoms with Gasteiger partial charge in [0.2, 0.25) is 0 Å². The molecule has 1 saturated heterocycles. The summed E-state index contributed by atoms with van der Waals surface area (Å²) in [5, 5.41) is 1.08. The number of aromatic nitrogens is 1. The highest BCUT2D eigenvalue weighted by atomic mass is 79.9. The maximum atomic E-state index is 4.55. The quantitative estimate of drug-likeness (QED) is 0.784. The molecule has 15 heavy (non-hydrogen) atoms. The minimum atomic E-state index is 0.701. The molecule has 1 aromatic rings. The zero-order valence-corrected chi connectivity index (χ0v) is 10.7. The van der Waals surface area contributed by atoms with E-state index in [1.165, 1.54) is 25.1 Å². The molecule has 1 aliphatic heterocycles. The molecule has 82 valence electrons. The second-order valence-electron chi connectivity index (χ2n) is 4.19. The van der Waals surface area contributed by atoms with Crippen LogP contribution in [0.5, 0.6) is 0 Å². The Morgan fingerprint density at radius 3 is 3.13 bits per heavy atom. The third-order valence-corrected chi connectivity index (χ3v) is 3.74. The Morgan fingerprint density at radius 2 is 2.40 bits per heavy atom. The van der Waals surface area contributed by atoms with Gasteiger partial charge in [0, 0.05) is 23.6 Å². The molecule has 1 unspecified atom stereocenters. The summed E-state index contributed by atoms with van der Waals surface area (Å²) in [5.41, 5.74) is 2.31. The Labute approximate surface area is 99.8 Å². The summed E-state index contributed by atoms with van der Waals surface area (Å²) in [6.07, 6.45) is 2.64. The summed E-state index contributed by atoms with van der Waals surface area (Å²) in [5.74, 6) is 0. The number of hydrogen-bond acceptors (Lipinski definition) is 2. The van der Waals surface area contributed by atoms with Gasteiger partial charge in [-0.3, -0.25) is 9.88 Å². The Kier molecular flexibility index (Phi) is 3.76. The fourth-order valence-corrected chi connectivity index (χ4v) is 2.91. The minimum absolute atomic E-state index is 0.701. The standard InChI is InChI=1S/C12H17BrN2/c1-10-4-2-5-11(14-10)9-15-7-3-6-12(15)8-13/h2,4-5,12H,3,6-9H2,1H3. The van der Waals surface area contributed by atoms with Crippen LogP contribution in [0.15, 0.2) is 18.2 Å². The molecule has 0 N–H and O–H groups in total. The van der Waals surface area contributed by atoms with Crippen molar-refractivity contribution in [2.45, 2.75) is 32.4 Å². The summed E-state index contributed by atoms with van der Waals surface area (Å²) in [7, 11) is 0. The number of halogens is 1. The first kappa shape index (κ1) is 11.1. The minimum Gasteiger partial charge on any atom is -0.294 e. The fourth-order valence-electron chi connectivity index (χ4n) is 2.17. The zero-order valence-electron chi connectivity index (χ0n) is 9.12. The Bertz CT molecular complexity index is 327. The van der Waals surface area contributed by atoms with E-state index in [1.54, 1.807) is 0 Å². The Balaban J connectivity index is 2.02. The smallest absolute Gasteiger partial charge is 0.0547 e. The maximum absolute atomic E-state index is 4.55. The third-order valence-electron chi connectivity index (χ3n) is 2.99. The molecule has 0 radical (unpaired) electrons. The van der Waals surface area contributed by atoms with Gasteiger partial charge in [-0.15, -0.1) is 0 Å². The van der Waals surface area contributed by atoms with Crippen LogP contribution in [0.3, 0.4) is 0 Å². The van der Waals surface area contributed by atoms with Crippen LogP contribution >= 0.6 is 15.9 Å². The van der Waals surface area contributed by atoms with Crippen LogP contribution in [-0.4, -0.2) is 27.8 Å². The third kappa shape index (κ3) is 2.79. The molecule has 0 spiro atoms. The number of likely N-dealkylation sites (tertiary alicyclic amines) is 1. The maximum Gasteiger partial charge on any atom is 0.0547 e. The first-order valence-corrected chi connectivity index (χ1v) is 6.64. The molecule has 0 bridgehead atoms. The molecule has 0 aliphatic carbocycles. The van der Waals surface area contributed by atoms with Crippen molar-refractivity contribution < 1.29 is 0 Å². The van der Waals surface area contributed by atoms with Gasteiger partial charge in [-0.1, -0.05) is 22.0 Å². The molecule has 1 aliphatic rings. The van der Waals surface area contributed by atoms with E-state index < -0.39 is 0 Å². The Hall–Kier alpha value is -0.410. The van der Waals surface area contributed by atoms with Crippen molar-refractivity contribution in [3.05, 3.63) is 29.6 Å². The van der Waals surface area contributed by atoms with Crippen molar-refractivity contribution in [3.8, 4) is 0 Å². The molecule has 1 atom stereocenters. The van der Waals surface area contributed by atoms with Crippen molar-refractivity contribution in [3.63, 3.8) is 0 Å². The van der Waals surface area contributed by atoms with Crippen LogP contribution < -0.4 is 0 Å². The highest BCUT2D eigenvalue weighted by Crippen LogP contribution is 2.20. The summed E-state index contributed by atoms with van der Waals surface area (Å²) < 4.78 is 0. The van der Waals surface area contributed by atoms with Crippen molar-refractivity contribution in [1.29, 1.82) is 0 Å². The zero-order chi connectivity index (χ0) is 10.7. The molecule has 2 rings (SSSR count). The molecule has 2 heterocycles. The van der Waals surface area contributed by atoms with Crippen molar-refractivity contribution >= 4 is 15.9 Å². The normalized spacial score (nSPS) is 22.1. The number of alkyl halides is 1. The lowest BCUT2D eigenvalue weighted by Gasteiger charge is -2.22. The second kappa shape index (κ2) is 5.08. The van der Waals surface area contributed by atoms with Crippen molar-refractivity contribution in [1.82, 2.24) is 9.88 Å². The van der Waals surface area contributed by atoms with Crippen LogP contribution in [0.2, 0.25) is 0 Å².